The lowest BCUT2D eigenvalue weighted by atomic mass is 10.3. The van der Waals surface area contributed by atoms with Crippen molar-refractivity contribution in [2.45, 2.75) is 19.5 Å². The van der Waals surface area contributed by atoms with Crippen molar-refractivity contribution in [3.05, 3.63) is 17.0 Å². The summed E-state index contributed by atoms with van der Waals surface area (Å²) in [5.74, 6) is 0.102. The van der Waals surface area contributed by atoms with Gasteiger partial charge in [0.15, 0.2) is 5.78 Å². The third kappa shape index (κ3) is 2.77. The van der Waals surface area contributed by atoms with E-state index in [1.165, 1.54) is 11.3 Å². The number of Topliss-reactive ketones (excluding diaryl/α,β-unsaturated/α-hetero) is 1. The molecule has 5 nitrogen and oxygen atoms in total. The van der Waals surface area contributed by atoms with Crippen LogP contribution in [0, 0.1) is 0 Å². The van der Waals surface area contributed by atoms with Crippen LogP contribution in [0.3, 0.4) is 0 Å². The second kappa shape index (κ2) is 6.08. The number of ether oxygens (including phenoxy) is 1. The van der Waals surface area contributed by atoms with Gasteiger partial charge in [0.05, 0.1) is 23.1 Å². The van der Waals surface area contributed by atoms with Crippen molar-refractivity contribution in [2.24, 2.45) is 0 Å². The maximum Gasteiger partial charge on any atom is 0.216 e. The molecule has 0 aromatic carbocycles. The van der Waals surface area contributed by atoms with Crippen molar-refractivity contribution in [3.8, 4) is 0 Å². The Kier molecular flexibility index (Phi) is 4.46. The molecule has 1 amide bonds. The molecule has 0 bridgehead atoms. The zero-order valence-electron chi connectivity index (χ0n) is 10.2. The Labute approximate surface area is 110 Å². The van der Waals surface area contributed by atoms with Crippen molar-refractivity contribution in [2.75, 3.05) is 24.7 Å². The van der Waals surface area contributed by atoms with Gasteiger partial charge in [-0.1, -0.05) is 6.92 Å². The summed E-state index contributed by atoms with van der Waals surface area (Å²) in [5, 5.41) is 3.98. The van der Waals surface area contributed by atoms with E-state index < -0.39 is 0 Å². The van der Waals surface area contributed by atoms with Crippen LogP contribution < -0.4 is 10.2 Å². The van der Waals surface area contributed by atoms with E-state index >= 15 is 0 Å². The minimum Gasteiger partial charge on any atom is -0.377 e. The second-order valence-electron chi connectivity index (χ2n) is 3.97. The monoisotopic (exact) mass is 268 g/mol. The molecular formula is C12H16N2O3S. The molecule has 1 N–H and O–H groups in total. The number of hydrogen-bond acceptors (Lipinski definition) is 5. The Balaban J connectivity index is 2.14. The van der Waals surface area contributed by atoms with E-state index in [-0.39, 0.29) is 11.9 Å². The molecule has 1 unspecified atom stereocenters. The number of hydrogen-bond donors (Lipinski definition) is 1. The van der Waals surface area contributed by atoms with E-state index in [4.69, 9.17) is 4.74 Å². The van der Waals surface area contributed by atoms with Gasteiger partial charge in [-0.05, 0) is 12.1 Å². The zero-order chi connectivity index (χ0) is 13.0. The van der Waals surface area contributed by atoms with Gasteiger partial charge >= 0.3 is 0 Å². The van der Waals surface area contributed by atoms with Gasteiger partial charge in [0.1, 0.15) is 6.17 Å². The number of nitrogens with one attached hydrogen (secondary N) is 1. The fourth-order valence-electron chi connectivity index (χ4n) is 1.80. The van der Waals surface area contributed by atoms with Crippen LogP contribution in [0.15, 0.2) is 12.1 Å². The number of amides is 1. The molecule has 0 radical (unpaired) electrons. The highest BCUT2D eigenvalue weighted by Crippen LogP contribution is 2.27. The van der Waals surface area contributed by atoms with Gasteiger partial charge in [-0.15, -0.1) is 11.3 Å². The smallest absolute Gasteiger partial charge is 0.216 e. The number of nitrogens with zero attached hydrogens (tertiary/aromatic N) is 1. The Bertz CT molecular complexity index is 427. The van der Waals surface area contributed by atoms with E-state index in [1.54, 1.807) is 17.0 Å². The lowest BCUT2D eigenvalue weighted by Gasteiger charge is -2.31. The molecule has 1 aromatic heterocycles. The molecule has 18 heavy (non-hydrogen) atoms. The number of carbonyl (C=O) groups is 2. The molecule has 1 fully saturated rings. The standard InChI is InChI=1S/C12H16N2O3S/c1-2-9(16)10-3-4-12(18-10)14(8-15)11-7-17-6-5-13-11/h3-4,8,11,13H,2,5-7H2,1H3. The van der Waals surface area contributed by atoms with E-state index in [0.29, 0.717) is 24.5 Å². The maximum absolute atomic E-state index is 11.6. The lowest BCUT2D eigenvalue weighted by molar-refractivity contribution is -0.108. The summed E-state index contributed by atoms with van der Waals surface area (Å²) >= 11 is 1.34. The third-order valence-corrected chi connectivity index (χ3v) is 3.93. The summed E-state index contributed by atoms with van der Waals surface area (Å²) < 4.78 is 5.34. The Hall–Kier alpha value is -1.24. The summed E-state index contributed by atoms with van der Waals surface area (Å²) in [6, 6.07) is 3.57. The zero-order valence-corrected chi connectivity index (χ0v) is 11.0. The maximum atomic E-state index is 11.6. The first kappa shape index (κ1) is 13.2. The Morgan fingerprint density at radius 2 is 2.50 bits per heavy atom. The highest BCUT2D eigenvalue weighted by atomic mass is 32.1. The minimum atomic E-state index is -0.153. The highest BCUT2D eigenvalue weighted by molar-refractivity contribution is 7.18. The molecular weight excluding hydrogens is 252 g/mol. The van der Waals surface area contributed by atoms with Crippen molar-refractivity contribution < 1.29 is 14.3 Å². The van der Waals surface area contributed by atoms with Gasteiger partial charge in [0.2, 0.25) is 6.41 Å². The molecule has 0 saturated carbocycles. The molecule has 1 aliphatic heterocycles. The SMILES string of the molecule is CCC(=O)c1ccc(N(C=O)C2COCCN2)s1. The summed E-state index contributed by atoms with van der Waals surface area (Å²) in [7, 11) is 0. The van der Waals surface area contributed by atoms with Crippen LogP contribution in [0.5, 0.6) is 0 Å². The highest BCUT2D eigenvalue weighted by Gasteiger charge is 2.22. The quantitative estimate of drug-likeness (QED) is 0.645. The Morgan fingerprint density at radius 1 is 1.67 bits per heavy atom. The van der Waals surface area contributed by atoms with Crippen LogP contribution in [0.1, 0.15) is 23.0 Å². The van der Waals surface area contributed by atoms with E-state index in [1.807, 2.05) is 6.92 Å². The molecule has 2 heterocycles. The predicted molar refractivity (Wildman–Crippen MR) is 70.1 cm³/mol. The van der Waals surface area contributed by atoms with Gasteiger partial charge in [-0.25, -0.2) is 0 Å². The van der Waals surface area contributed by atoms with Crippen molar-refractivity contribution in [1.82, 2.24) is 5.32 Å². The summed E-state index contributed by atoms with van der Waals surface area (Å²) in [6.45, 7) is 3.68. The summed E-state index contributed by atoms with van der Waals surface area (Å²) in [6.07, 6.45) is 1.10. The van der Waals surface area contributed by atoms with Crippen LogP contribution in [0.25, 0.3) is 0 Å². The van der Waals surface area contributed by atoms with Crippen LogP contribution in [-0.4, -0.2) is 38.1 Å². The van der Waals surface area contributed by atoms with Crippen molar-refractivity contribution >= 4 is 28.5 Å². The fraction of sp³-hybridized carbons (Fsp3) is 0.500. The lowest BCUT2D eigenvalue weighted by Crippen LogP contribution is -2.52. The van der Waals surface area contributed by atoms with Crippen molar-refractivity contribution in [1.29, 1.82) is 0 Å². The first-order valence-electron chi connectivity index (χ1n) is 5.94. The third-order valence-electron chi connectivity index (χ3n) is 2.79. The second-order valence-corrected chi connectivity index (χ2v) is 5.03. The molecule has 1 atom stereocenters. The molecule has 6 heteroatoms. The van der Waals surface area contributed by atoms with E-state index in [0.717, 1.165) is 18.0 Å². The number of carbonyl (C=O) groups excluding carboxylic acids is 2. The average molecular weight is 268 g/mol. The number of rotatable bonds is 5. The summed E-state index contributed by atoms with van der Waals surface area (Å²) in [5.41, 5.74) is 0. The van der Waals surface area contributed by atoms with E-state index in [2.05, 4.69) is 5.32 Å². The van der Waals surface area contributed by atoms with E-state index in [9.17, 15) is 9.59 Å². The van der Waals surface area contributed by atoms with Crippen LogP contribution in [0.2, 0.25) is 0 Å². The Morgan fingerprint density at radius 3 is 3.11 bits per heavy atom. The summed E-state index contributed by atoms with van der Waals surface area (Å²) in [4.78, 5) is 25.1. The molecule has 1 saturated heterocycles. The molecule has 1 aliphatic rings. The fourth-order valence-corrected chi connectivity index (χ4v) is 2.83. The average Bonchev–Trinajstić information content (AvgIpc) is 2.89. The van der Waals surface area contributed by atoms with Gasteiger partial charge in [0.25, 0.3) is 0 Å². The number of thiophene rings is 1. The number of anilines is 1. The van der Waals surface area contributed by atoms with Gasteiger partial charge < -0.3 is 4.74 Å². The van der Waals surface area contributed by atoms with Crippen LogP contribution in [-0.2, 0) is 9.53 Å². The first-order chi connectivity index (χ1) is 8.76. The van der Waals surface area contributed by atoms with Crippen molar-refractivity contribution in [3.63, 3.8) is 0 Å². The van der Waals surface area contributed by atoms with Gasteiger partial charge in [-0.3, -0.25) is 19.8 Å². The first-order valence-corrected chi connectivity index (χ1v) is 6.75. The minimum absolute atomic E-state index is 0.102. The topological polar surface area (TPSA) is 58.6 Å². The number of ketones is 1. The largest absolute Gasteiger partial charge is 0.377 e. The van der Waals surface area contributed by atoms with Gasteiger partial charge in [0, 0.05) is 13.0 Å². The van der Waals surface area contributed by atoms with Gasteiger partial charge in [-0.2, -0.15) is 0 Å². The normalized spacial score (nSPS) is 19.5. The molecule has 0 spiro atoms. The number of morpholine rings is 1. The van der Waals surface area contributed by atoms with Crippen LogP contribution >= 0.6 is 11.3 Å². The molecule has 98 valence electrons. The molecule has 2 rings (SSSR count). The van der Waals surface area contributed by atoms with Crippen LogP contribution in [0.4, 0.5) is 5.00 Å². The predicted octanol–water partition coefficient (Wildman–Crippen LogP) is 1.25. The molecule has 1 aromatic rings. The molecule has 0 aliphatic carbocycles.